The minimum absolute atomic E-state index is 0.193. The van der Waals surface area contributed by atoms with Gasteiger partial charge in [0.15, 0.2) is 0 Å². The number of rotatable bonds is 7. The fraction of sp³-hybridized carbons (Fsp3) is 0.367. The standard InChI is InChI=1S/C30H31BrCl2N6O/c31-26-16-24(30(40)36-18-23-5-6-27(32)28(33)15-23)19-35-29(26)39-13-11-38(12-14-39)25-7-9-37(10-8-25)20-22-3-1-21(17-34)2-4-22/h1-6,15-16,19,25H,7-14,18,20H2,(H,36,40). The highest BCUT2D eigenvalue weighted by Crippen LogP contribution is 2.28. The Kier molecular flexibility index (Phi) is 9.61. The number of halogens is 3. The van der Waals surface area contributed by atoms with E-state index in [2.05, 4.69) is 59.1 Å². The van der Waals surface area contributed by atoms with Crippen molar-refractivity contribution in [3.63, 3.8) is 0 Å². The smallest absolute Gasteiger partial charge is 0.253 e. The van der Waals surface area contributed by atoms with Gasteiger partial charge in [-0.2, -0.15) is 5.26 Å². The van der Waals surface area contributed by atoms with E-state index in [0.29, 0.717) is 33.8 Å². The first-order valence-electron chi connectivity index (χ1n) is 13.5. The topological polar surface area (TPSA) is 75.5 Å². The fourth-order valence-corrected chi connectivity index (χ4v) is 6.33. The van der Waals surface area contributed by atoms with Crippen molar-refractivity contribution < 1.29 is 4.79 Å². The molecule has 0 radical (unpaired) electrons. The van der Waals surface area contributed by atoms with E-state index in [1.165, 1.54) is 18.4 Å². The van der Waals surface area contributed by atoms with Crippen LogP contribution in [-0.2, 0) is 13.1 Å². The van der Waals surface area contributed by atoms with Gasteiger partial charge in [-0.1, -0.05) is 41.4 Å². The van der Waals surface area contributed by atoms with E-state index >= 15 is 0 Å². The van der Waals surface area contributed by atoms with Crippen molar-refractivity contribution in [1.82, 2.24) is 20.1 Å². The molecule has 40 heavy (non-hydrogen) atoms. The SMILES string of the molecule is N#Cc1ccc(CN2CCC(N3CCN(c4ncc(C(=O)NCc5ccc(Cl)c(Cl)c5)cc4Br)CC3)CC2)cc1. The van der Waals surface area contributed by atoms with Gasteiger partial charge in [-0.25, -0.2) is 4.98 Å². The summed E-state index contributed by atoms with van der Waals surface area (Å²) >= 11 is 15.7. The van der Waals surface area contributed by atoms with E-state index in [4.69, 9.17) is 28.5 Å². The van der Waals surface area contributed by atoms with E-state index in [1.54, 1.807) is 18.3 Å². The molecule has 7 nitrogen and oxygen atoms in total. The number of piperazine rings is 1. The summed E-state index contributed by atoms with van der Waals surface area (Å²) in [6.07, 6.45) is 3.98. The highest BCUT2D eigenvalue weighted by atomic mass is 79.9. The molecule has 1 aromatic heterocycles. The quantitative estimate of drug-likeness (QED) is 0.355. The van der Waals surface area contributed by atoms with E-state index in [1.807, 2.05) is 24.3 Å². The Bertz CT molecular complexity index is 1380. The Morgan fingerprint density at radius 1 is 0.975 bits per heavy atom. The molecule has 0 spiro atoms. The maximum atomic E-state index is 12.7. The number of hydrogen-bond donors (Lipinski definition) is 1. The van der Waals surface area contributed by atoms with Gasteiger partial charge in [0.1, 0.15) is 5.82 Å². The molecule has 0 unspecified atom stereocenters. The summed E-state index contributed by atoms with van der Waals surface area (Å²) in [5.74, 6) is 0.680. The minimum Gasteiger partial charge on any atom is -0.353 e. The first-order valence-corrected chi connectivity index (χ1v) is 15.0. The third-order valence-corrected chi connectivity index (χ3v) is 9.02. The highest BCUT2D eigenvalue weighted by molar-refractivity contribution is 9.10. The Labute approximate surface area is 253 Å². The Hall–Kier alpha value is -2.67. The number of nitriles is 1. The van der Waals surface area contributed by atoms with Crippen molar-refractivity contribution in [2.45, 2.75) is 32.0 Å². The van der Waals surface area contributed by atoms with Crippen molar-refractivity contribution in [1.29, 1.82) is 5.26 Å². The molecule has 0 atom stereocenters. The van der Waals surface area contributed by atoms with Gasteiger partial charge >= 0.3 is 0 Å². The Balaban J connectivity index is 1.08. The van der Waals surface area contributed by atoms with Gasteiger partial charge in [0.05, 0.1) is 31.7 Å². The number of likely N-dealkylation sites (tertiary alicyclic amines) is 1. The van der Waals surface area contributed by atoms with Crippen molar-refractivity contribution >= 4 is 50.9 Å². The molecule has 2 aliphatic heterocycles. The molecule has 2 saturated heterocycles. The van der Waals surface area contributed by atoms with E-state index < -0.39 is 0 Å². The Morgan fingerprint density at radius 2 is 1.68 bits per heavy atom. The van der Waals surface area contributed by atoms with Gasteiger partial charge in [-0.05, 0) is 83.3 Å². The number of hydrogen-bond acceptors (Lipinski definition) is 6. The highest BCUT2D eigenvalue weighted by Gasteiger charge is 2.28. The predicted octanol–water partition coefficient (Wildman–Crippen LogP) is 5.74. The normalized spacial score (nSPS) is 17.0. The average Bonchev–Trinajstić information content (AvgIpc) is 2.98. The largest absolute Gasteiger partial charge is 0.353 e. The first kappa shape index (κ1) is 28.8. The molecule has 2 fully saturated rings. The summed E-state index contributed by atoms with van der Waals surface area (Å²) in [5.41, 5.74) is 3.35. The van der Waals surface area contributed by atoms with Gasteiger partial charge in [-0.15, -0.1) is 0 Å². The number of benzene rings is 2. The van der Waals surface area contributed by atoms with Crippen LogP contribution in [0.15, 0.2) is 59.2 Å². The number of carbonyl (C=O) groups excluding carboxylic acids is 1. The second-order valence-corrected chi connectivity index (χ2v) is 12.0. The molecular weight excluding hydrogens is 611 g/mol. The van der Waals surface area contributed by atoms with Gasteiger partial charge in [0.25, 0.3) is 5.91 Å². The summed E-state index contributed by atoms with van der Waals surface area (Å²) in [5, 5.41) is 12.9. The third kappa shape index (κ3) is 7.15. The van der Waals surface area contributed by atoms with Gasteiger partial charge < -0.3 is 10.2 Å². The monoisotopic (exact) mass is 640 g/mol. The van der Waals surface area contributed by atoms with Crippen LogP contribution in [0.4, 0.5) is 5.82 Å². The minimum atomic E-state index is -0.193. The van der Waals surface area contributed by atoms with Crippen molar-refractivity contribution in [2.24, 2.45) is 0 Å². The van der Waals surface area contributed by atoms with Gasteiger partial charge in [0.2, 0.25) is 0 Å². The van der Waals surface area contributed by atoms with Crippen molar-refractivity contribution in [2.75, 3.05) is 44.2 Å². The molecule has 0 saturated carbocycles. The van der Waals surface area contributed by atoms with Gasteiger partial charge in [0, 0.05) is 51.5 Å². The number of nitrogens with zero attached hydrogens (tertiary/aromatic N) is 5. The fourth-order valence-electron chi connectivity index (χ4n) is 5.41. The molecule has 1 N–H and O–H groups in total. The maximum absolute atomic E-state index is 12.7. The zero-order chi connectivity index (χ0) is 28.1. The van der Waals surface area contributed by atoms with E-state index in [-0.39, 0.29) is 5.91 Å². The lowest BCUT2D eigenvalue weighted by Crippen LogP contribution is -2.53. The molecule has 0 aliphatic carbocycles. The van der Waals surface area contributed by atoms with E-state index in [9.17, 15) is 4.79 Å². The predicted molar refractivity (Wildman–Crippen MR) is 163 cm³/mol. The van der Waals surface area contributed by atoms with Crippen LogP contribution in [0.2, 0.25) is 10.0 Å². The lowest BCUT2D eigenvalue weighted by atomic mass is 10.0. The Morgan fingerprint density at radius 3 is 2.33 bits per heavy atom. The second kappa shape index (κ2) is 13.3. The van der Waals surface area contributed by atoms with Crippen LogP contribution in [0.3, 0.4) is 0 Å². The van der Waals surface area contributed by atoms with Crippen molar-refractivity contribution in [3.8, 4) is 6.07 Å². The third-order valence-electron chi connectivity index (χ3n) is 7.70. The average molecular weight is 642 g/mol. The number of piperidine rings is 1. The van der Waals surface area contributed by atoms with Crippen LogP contribution in [0, 0.1) is 11.3 Å². The lowest BCUT2D eigenvalue weighted by molar-refractivity contribution is 0.0950. The lowest BCUT2D eigenvalue weighted by Gasteiger charge is -2.43. The first-order chi connectivity index (χ1) is 19.4. The van der Waals surface area contributed by atoms with Crippen LogP contribution in [0.1, 0.15) is 39.9 Å². The number of nitrogens with one attached hydrogen (secondary N) is 1. The molecule has 5 rings (SSSR count). The zero-order valence-electron chi connectivity index (χ0n) is 22.1. The number of anilines is 1. The molecule has 1 amide bonds. The van der Waals surface area contributed by atoms with Crippen LogP contribution in [0.25, 0.3) is 0 Å². The molecule has 0 bridgehead atoms. The number of aromatic nitrogens is 1. The summed E-state index contributed by atoms with van der Waals surface area (Å²) in [6.45, 7) is 7.28. The summed E-state index contributed by atoms with van der Waals surface area (Å²) in [6, 6.07) is 17.9. The molecule has 2 aromatic carbocycles. The summed E-state index contributed by atoms with van der Waals surface area (Å²) < 4.78 is 0.819. The second-order valence-electron chi connectivity index (χ2n) is 10.3. The van der Waals surface area contributed by atoms with E-state index in [0.717, 1.165) is 61.7 Å². The molecule has 3 heterocycles. The van der Waals surface area contributed by atoms with Crippen LogP contribution >= 0.6 is 39.1 Å². The zero-order valence-corrected chi connectivity index (χ0v) is 25.2. The number of carbonyl (C=O) groups is 1. The summed E-state index contributed by atoms with van der Waals surface area (Å²) in [4.78, 5) is 24.8. The molecule has 10 heteroatoms. The maximum Gasteiger partial charge on any atom is 0.253 e. The molecule has 208 valence electrons. The van der Waals surface area contributed by atoms with Gasteiger partial charge in [-0.3, -0.25) is 14.6 Å². The number of amides is 1. The molecule has 2 aliphatic rings. The van der Waals surface area contributed by atoms with Crippen LogP contribution in [-0.4, -0.2) is 66.0 Å². The summed E-state index contributed by atoms with van der Waals surface area (Å²) in [7, 11) is 0. The number of pyridine rings is 1. The molecular formula is C30H31BrCl2N6O. The van der Waals surface area contributed by atoms with Crippen LogP contribution < -0.4 is 10.2 Å². The molecule has 3 aromatic rings. The van der Waals surface area contributed by atoms with Crippen LogP contribution in [0.5, 0.6) is 0 Å². The van der Waals surface area contributed by atoms with Crippen molar-refractivity contribution in [3.05, 3.63) is 91.5 Å².